The van der Waals surface area contributed by atoms with E-state index in [-0.39, 0.29) is 44.0 Å². The first-order valence-electron chi connectivity index (χ1n) is 8.69. The Morgan fingerprint density at radius 1 is 1.23 bits per heavy atom. The Morgan fingerprint density at radius 2 is 2.04 bits per heavy atom. The van der Waals surface area contributed by atoms with Crippen LogP contribution in [0, 0.1) is 0 Å². The molecule has 1 aromatic rings. The molecule has 3 saturated heterocycles. The highest BCUT2D eigenvalue weighted by atomic mass is 16.6. The maximum Gasteiger partial charge on any atom is 0.410 e. The van der Waals surface area contributed by atoms with E-state index in [1.165, 1.54) is 0 Å². The van der Waals surface area contributed by atoms with E-state index in [4.69, 9.17) is 9.47 Å². The quantitative estimate of drug-likeness (QED) is 0.775. The number of fused-ring (bicyclic) bond motifs is 1. The number of amides is 3. The summed E-state index contributed by atoms with van der Waals surface area (Å²) in [5, 5.41) is 5.72. The molecule has 1 aromatic carbocycles. The van der Waals surface area contributed by atoms with Crippen LogP contribution < -0.4 is 10.6 Å². The third kappa shape index (κ3) is 2.61. The Balaban J connectivity index is 1.54. The largest absolute Gasteiger partial charge is 0.447 e. The zero-order valence-electron chi connectivity index (χ0n) is 14.3. The van der Waals surface area contributed by atoms with E-state index in [2.05, 4.69) is 10.6 Å². The number of nitrogens with zero attached hydrogens (tertiary/aromatic N) is 1. The predicted molar refractivity (Wildman–Crippen MR) is 90.4 cm³/mol. The van der Waals surface area contributed by atoms with Crippen LogP contribution >= 0.6 is 0 Å². The van der Waals surface area contributed by atoms with E-state index in [1.807, 2.05) is 30.3 Å². The molecule has 2 unspecified atom stereocenters. The first kappa shape index (κ1) is 16.8. The van der Waals surface area contributed by atoms with Gasteiger partial charge in [0.05, 0.1) is 18.6 Å². The molecule has 3 fully saturated rings. The van der Waals surface area contributed by atoms with Gasteiger partial charge in [0, 0.05) is 26.1 Å². The Kier molecular flexibility index (Phi) is 4.07. The first-order chi connectivity index (χ1) is 12.6. The molecule has 3 heterocycles. The van der Waals surface area contributed by atoms with Crippen LogP contribution in [-0.4, -0.2) is 67.8 Å². The molecule has 0 radical (unpaired) electrons. The van der Waals surface area contributed by atoms with Gasteiger partial charge < -0.3 is 20.1 Å². The number of cyclic esters (lactones) is 1. The lowest BCUT2D eigenvalue weighted by Crippen LogP contribution is -2.62. The average molecular weight is 359 g/mol. The molecule has 8 nitrogen and oxygen atoms in total. The van der Waals surface area contributed by atoms with E-state index in [1.54, 1.807) is 4.90 Å². The fourth-order valence-corrected chi connectivity index (χ4v) is 3.92. The summed E-state index contributed by atoms with van der Waals surface area (Å²) < 4.78 is 10.7. The molecule has 138 valence electrons. The summed E-state index contributed by atoms with van der Waals surface area (Å²) in [5.41, 5.74) is -0.832. The number of hydrogen-bond donors (Lipinski definition) is 2. The summed E-state index contributed by atoms with van der Waals surface area (Å²) >= 11 is 0. The highest BCUT2D eigenvalue weighted by Crippen LogP contribution is 2.33. The van der Waals surface area contributed by atoms with Crippen molar-refractivity contribution in [2.75, 3.05) is 39.5 Å². The molecule has 3 aliphatic heterocycles. The van der Waals surface area contributed by atoms with Gasteiger partial charge >= 0.3 is 6.09 Å². The molecule has 0 spiro atoms. The first-order valence-corrected chi connectivity index (χ1v) is 8.69. The molecule has 3 amide bonds. The molecule has 4 rings (SSSR count). The molecule has 8 heteroatoms. The fourth-order valence-electron chi connectivity index (χ4n) is 3.92. The number of carbonyl (C=O) groups excluding carboxylic acids is 3. The number of hydrogen-bond acceptors (Lipinski definition) is 5. The SMILES string of the molecule is O=C1CC(C(=O)NCC23COCCN2C(=O)OC3)(c2ccccc2)CN1. The lowest BCUT2D eigenvalue weighted by Gasteiger charge is -2.39. The standard InChI is InChI=1S/C18H21N3O5/c22-14-8-18(10-19-14,13-4-2-1-3-5-13)15(23)20-9-17-11-25-7-6-21(17)16(24)26-12-17/h1-5H,6-12H2,(H,19,22)(H,20,23). The Hall–Kier alpha value is -2.61. The Morgan fingerprint density at radius 3 is 2.77 bits per heavy atom. The van der Waals surface area contributed by atoms with Gasteiger partial charge in [-0.25, -0.2) is 4.79 Å². The van der Waals surface area contributed by atoms with E-state index in [0.717, 1.165) is 5.56 Å². The number of carbonyl (C=O) groups is 3. The van der Waals surface area contributed by atoms with Crippen molar-refractivity contribution in [3.8, 4) is 0 Å². The second kappa shape index (κ2) is 6.28. The van der Waals surface area contributed by atoms with Gasteiger partial charge in [0.1, 0.15) is 12.1 Å². The molecular weight excluding hydrogens is 338 g/mol. The normalized spacial score (nSPS) is 30.5. The van der Waals surface area contributed by atoms with Crippen molar-refractivity contribution in [2.45, 2.75) is 17.4 Å². The van der Waals surface area contributed by atoms with Gasteiger partial charge in [-0.15, -0.1) is 0 Å². The third-order valence-corrected chi connectivity index (χ3v) is 5.48. The third-order valence-electron chi connectivity index (χ3n) is 5.48. The van der Waals surface area contributed by atoms with Gasteiger partial charge in [-0.1, -0.05) is 30.3 Å². The van der Waals surface area contributed by atoms with Crippen molar-refractivity contribution in [1.82, 2.24) is 15.5 Å². The minimum atomic E-state index is -0.946. The van der Waals surface area contributed by atoms with Gasteiger partial charge in [-0.05, 0) is 5.56 Å². The minimum absolute atomic E-state index is 0.103. The molecule has 26 heavy (non-hydrogen) atoms. The second-order valence-electron chi connectivity index (χ2n) is 7.07. The summed E-state index contributed by atoms with van der Waals surface area (Å²) in [4.78, 5) is 38.6. The predicted octanol–water partition coefficient (Wildman–Crippen LogP) is -0.218. The van der Waals surface area contributed by atoms with Gasteiger partial charge in [-0.2, -0.15) is 0 Å². The van der Waals surface area contributed by atoms with Crippen molar-refractivity contribution < 1.29 is 23.9 Å². The monoisotopic (exact) mass is 359 g/mol. The molecule has 2 atom stereocenters. The average Bonchev–Trinajstić information content (AvgIpc) is 3.23. The summed E-state index contributed by atoms with van der Waals surface area (Å²) in [6.07, 6.45) is -0.274. The molecular formula is C18H21N3O5. The van der Waals surface area contributed by atoms with Crippen LogP contribution in [0.1, 0.15) is 12.0 Å². The maximum absolute atomic E-state index is 13.1. The zero-order valence-corrected chi connectivity index (χ0v) is 14.3. The van der Waals surface area contributed by atoms with E-state index < -0.39 is 11.0 Å². The van der Waals surface area contributed by atoms with E-state index >= 15 is 0 Å². The molecule has 0 aliphatic carbocycles. The van der Waals surface area contributed by atoms with Crippen molar-refractivity contribution in [3.63, 3.8) is 0 Å². The second-order valence-corrected chi connectivity index (χ2v) is 7.07. The lowest BCUT2D eigenvalue weighted by atomic mass is 9.78. The van der Waals surface area contributed by atoms with Gasteiger partial charge in [-0.3, -0.25) is 14.5 Å². The van der Waals surface area contributed by atoms with Crippen LogP contribution in [0.15, 0.2) is 30.3 Å². The van der Waals surface area contributed by atoms with Crippen LogP contribution in [0.4, 0.5) is 4.79 Å². The lowest BCUT2D eigenvalue weighted by molar-refractivity contribution is -0.129. The zero-order chi connectivity index (χ0) is 18.2. The summed E-state index contributed by atoms with van der Waals surface area (Å²) in [5.74, 6) is -0.384. The molecule has 2 N–H and O–H groups in total. The minimum Gasteiger partial charge on any atom is -0.447 e. The number of benzene rings is 1. The van der Waals surface area contributed by atoms with Crippen LogP contribution in [0.25, 0.3) is 0 Å². The summed E-state index contributed by atoms with van der Waals surface area (Å²) in [6, 6.07) is 9.29. The highest BCUT2D eigenvalue weighted by Gasteiger charge is 2.52. The fraction of sp³-hybridized carbons (Fsp3) is 0.500. The van der Waals surface area contributed by atoms with Crippen LogP contribution in [0.3, 0.4) is 0 Å². The van der Waals surface area contributed by atoms with Crippen LogP contribution in [0.2, 0.25) is 0 Å². The molecule has 0 saturated carbocycles. The Labute approximate surface area is 150 Å². The van der Waals surface area contributed by atoms with E-state index in [9.17, 15) is 14.4 Å². The number of rotatable bonds is 4. The molecule has 0 aromatic heterocycles. The number of ether oxygens (including phenoxy) is 2. The van der Waals surface area contributed by atoms with Gasteiger partial charge in [0.25, 0.3) is 0 Å². The van der Waals surface area contributed by atoms with Gasteiger partial charge in [0.2, 0.25) is 11.8 Å². The summed E-state index contributed by atoms with van der Waals surface area (Å²) in [6.45, 7) is 1.87. The van der Waals surface area contributed by atoms with Crippen LogP contribution in [-0.2, 0) is 24.5 Å². The number of morpholine rings is 1. The Bertz CT molecular complexity index is 740. The molecule has 3 aliphatic rings. The van der Waals surface area contributed by atoms with E-state index in [0.29, 0.717) is 19.8 Å². The van der Waals surface area contributed by atoms with Crippen LogP contribution in [0.5, 0.6) is 0 Å². The van der Waals surface area contributed by atoms with Crippen molar-refractivity contribution >= 4 is 17.9 Å². The smallest absolute Gasteiger partial charge is 0.410 e. The van der Waals surface area contributed by atoms with Crippen molar-refractivity contribution in [3.05, 3.63) is 35.9 Å². The number of nitrogens with one attached hydrogen (secondary N) is 2. The van der Waals surface area contributed by atoms with Crippen molar-refractivity contribution in [2.24, 2.45) is 0 Å². The molecule has 0 bridgehead atoms. The summed E-state index contributed by atoms with van der Waals surface area (Å²) in [7, 11) is 0. The highest BCUT2D eigenvalue weighted by molar-refractivity contribution is 5.97. The maximum atomic E-state index is 13.1. The van der Waals surface area contributed by atoms with Crippen molar-refractivity contribution in [1.29, 1.82) is 0 Å². The topological polar surface area (TPSA) is 97.0 Å². The van der Waals surface area contributed by atoms with Gasteiger partial charge in [0.15, 0.2) is 0 Å².